The molecule has 0 bridgehead atoms. The second-order valence-electron chi connectivity index (χ2n) is 8.85. The summed E-state index contributed by atoms with van der Waals surface area (Å²) in [5.74, 6) is 0.0843. The fraction of sp³-hybridized carbons (Fsp3) is 0.357. The predicted octanol–water partition coefficient (Wildman–Crippen LogP) is 4.05. The molecular formula is C28H35N5O. The van der Waals surface area contributed by atoms with Crippen molar-refractivity contribution in [2.75, 3.05) is 45.0 Å². The van der Waals surface area contributed by atoms with E-state index >= 15 is 0 Å². The summed E-state index contributed by atoms with van der Waals surface area (Å²) in [4.78, 5) is 23.9. The third kappa shape index (κ3) is 5.64. The van der Waals surface area contributed by atoms with E-state index in [1.807, 2.05) is 61.5 Å². The van der Waals surface area contributed by atoms with Crippen molar-refractivity contribution in [2.24, 2.45) is 0 Å². The molecule has 6 heteroatoms. The molecule has 2 N–H and O–H groups in total. The number of nitrogens with two attached hydrogens (primary N) is 1. The molecule has 2 heterocycles. The lowest BCUT2D eigenvalue weighted by Gasteiger charge is -2.40. The molecule has 1 fully saturated rings. The monoisotopic (exact) mass is 457 g/mol. The van der Waals surface area contributed by atoms with Gasteiger partial charge in [0.25, 0.3) is 5.91 Å². The van der Waals surface area contributed by atoms with Gasteiger partial charge in [-0.1, -0.05) is 30.3 Å². The van der Waals surface area contributed by atoms with Crippen molar-refractivity contribution in [3.05, 3.63) is 95.3 Å². The quantitative estimate of drug-likeness (QED) is 0.517. The van der Waals surface area contributed by atoms with E-state index in [-0.39, 0.29) is 11.9 Å². The van der Waals surface area contributed by atoms with Gasteiger partial charge < -0.3 is 10.6 Å². The highest BCUT2D eigenvalue weighted by Gasteiger charge is 2.27. The number of nitrogens with zero attached hydrogens (tertiary/aromatic N) is 4. The molecule has 2 aromatic carbocycles. The molecule has 1 aliphatic heterocycles. The van der Waals surface area contributed by atoms with Crippen LogP contribution in [0.4, 0.5) is 5.69 Å². The van der Waals surface area contributed by atoms with Gasteiger partial charge in [-0.15, -0.1) is 0 Å². The molecule has 34 heavy (non-hydrogen) atoms. The Morgan fingerprint density at radius 2 is 1.71 bits per heavy atom. The van der Waals surface area contributed by atoms with Crippen molar-refractivity contribution >= 4 is 11.6 Å². The van der Waals surface area contributed by atoms with Crippen molar-refractivity contribution in [3.63, 3.8) is 0 Å². The van der Waals surface area contributed by atoms with Crippen LogP contribution in [-0.2, 0) is 6.54 Å². The Hall–Kier alpha value is -3.22. The van der Waals surface area contributed by atoms with E-state index in [1.165, 1.54) is 16.7 Å². The molecule has 1 saturated heterocycles. The normalized spacial score (nSPS) is 15.7. The van der Waals surface area contributed by atoms with E-state index < -0.39 is 0 Å². The number of pyridine rings is 1. The SMILES string of the molecule is CCN(CC)C(=O)c1ccc(C(c2cccc(N)c2)N2CCN(Cc3cccnc3)CC2)cc1. The van der Waals surface area contributed by atoms with Crippen LogP contribution in [0.2, 0.25) is 0 Å². The minimum atomic E-state index is 0.0843. The molecule has 0 spiro atoms. The summed E-state index contributed by atoms with van der Waals surface area (Å²) in [5, 5.41) is 0. The molecule has 0 saturated carbocycles. The van der Waals surface area contributed by atoms with Gasteiger partial charge in [0.05, 0.1) is 6.04 Å². The zero-order valence-corrected chi connectivity index (χ0v) is 20.2. The Labute approximate surface area is 203 Å². The van der Waals surface area contributed by atoms with Gasteiger partial charge in [-0.2, -0.15) is 0 Å². The first-order valence-electron chi connectivity index (χ1n) is 12.2. The number of aromatic nitrogens is 1. The Morgan fingerprint density at radius 1 is 0.971 bits per heavy atom. The standard InChI is InChI=1S/C28H35N5O/c1-3-32(4-2)28(34)24-12-10-23(11-13-24)27(25-8-5-9-26(29)19-25)33-17-15-31(16-18-33)21-22-7-6-14-30-20-22/h5-14,19-20,27H,3-4,15-18,21,29H2,1-2H3. The molecule has 6 nitrogen and oxygen atoms in total. The van der Waals surface area contributed by atoms with Crippen LogP contribution in [0.25, 0.3) is 0 Å². The maximum Gasteiger partial charge on any atom is 0.253 e. The first kappa shape index (κ1) is 23.9. The van der Waals surface area contributed by atoms with E-state index in [2.05, 4.69) is 45.1 Å². The maximum absolute atomic E-state index is 12.8. The summed E-state index contributed by atoms with van der Waals surface area (Å²) in [6, 6.07) is 20.5. The summed E-state index contributed by atoms with van der Waals surface area (Å²) in [6.07, 6.45) is 3.77. The lowest BCUT2D eigenvalue weighted by atomic mass is 9.95. The fourth-order valence-electron chi connectivity index (χ4n) is 4.77. The number of hydrogen-bond donors (Lipinski definition) is 1. The van der Waals surface area contributed by atoms with E-state index in [0.29, 0.717) is 13.1 Å². The van der Waals surface area contributed by atoms with Gasteiger partial charge in [0.15, 0.2) is 0 Å². The zero-order valence-electron chi connectivity index (χ0n) is 20.2. The van der Waals surface area contributed by atoms with Crippen LogP contribution in [0.1, 0.15) is 46.9 Å². The molecule has 3 aromatic rings. The van der Waals surface area contributed by atoms with Crippen molar-refractivity contribution < 1.29 is 4.79 Å². The van der Waals surface area contributed by atoms with Gasteiger partial charge in [0.1, 0.15) is 0 Å². The van der Waals surface area contributed by atoms with Crippen molar-refractivity contribution in [1.82, 2.24) is 19.7 Å². The first-order chi connectivity index (χ1) is 16.6. The van der Waals surface area contributed by atoms with Crippen molar-refractivity contribution in [3.8, 4) is 0 Å². The molecule has 0 radical (unpaired) electrons. The third-order valence-electron chi connectivity index (χ3n) is 6.65. The predicted molar refractivity (Wildman–Crippen MR) is 137 cm³/mol. The van der Waals surface area contributed by atoms with E-state index in [0.717, 1.165) is 44.0 Å². The zero-order chi connectivity index (χ0) is 23.9. The fourth-order valence-corrected chi connectivity index (χ4v) is 4.77. The van der Waals surface area contributed by atoms with Crippen LogP contribution in [0.15, 0.2) is 73.1 Å². The number of piperazine rings is 1. The van der Waals surface area contributed by atoms with Crippen LogP contribution in [0.5, 0.6) is 0 Å². The minimum Gasteiger partial charge on any atom is -0.399 e. The van der Waals surface area contributed by atoms with E-state index in [1.54, 1.807) is 0 Å². The van der Waals surface area contributed by atoms with Gasteiger partial charge in [0.2, 0.25) is 0 Å². The summed E-state index contributed by atoms with van der Waals surface area (Å²) in [6.45, 7) is 10.3. The number of carbonyl (C=O) groups excluding carboxylic acids is 1. The van der Waals surface area contributed by atoms with E-state index in [9.17, 15) is 4.79 Å². The Kier molecular flexibility index (Phi) is 7.93. The largest absolute Gasteiger partial charge is 0.399 e. The van der Waals surface area contributed by atoms with Gasteiger partial charge >= 0.3 is 0 Å². The molecule has 1 amide bonds. The minimum absolute atomic E-state index is 0.0843. The molecule has 1 atom stereocenters. The summed E-state index contributed by atoms with van der Waals surface area (Å²) in [5.41, 5.74) is 11.3. The second kappa shape index (κ2) is 11.3. The van der Waals surface area contributed by atoms with Crippen LogP contribution in [0.3, 0.4) is 0 Å². The van der Waals surface area contributed by atoms with Crippen molar-refractivity contribution in [2.45, 2.75) is 26.4 Å². The molecule has 1 aliphatic rings. The highest BCUT2D eigenvalue weighted by molar-refractivity contribution is 5.94. The lowest BCUT2D eigenvalue weighted by molar-refractivity contribution is 0.0773. The number of carbonyl (C=O) groups is 1. The Balaban J connectivity index is 1.53. The average Bonchev–Trinajstić information content (AvgIpc) is 2.87. The van der Waals surface area contributed by atoms with Crippen LogP contribution in [-0.4, -0.2) is 64.9 Å². The molecule has 1 unspecified atom stereocenters. The number of nitrogen functional groups attached to an aromatic ring is 1. The first-order valence-corrected chi connectivity index (χ1v) is 12.2. The molecular weight excluding hydrogens is 422 g/mol. The van der Waals surface area contributed by atoms with Crippen LogP contribution >= 0.6 is 0 Å². The highest BCUT2D eigenvalue weighted by atomic mass is 16.2. The number of benzene rings is 2. The Bertz CT molecular complexity index is 1060. The van der Waals surface area contributed by atoms with E-state index in [4.69, 9.17) is 5.73 Å². The maximum atomic E-state index is 12.8. The number of amides is 1. The van der Waals surface area contributed by atoms with Crippen molar-refractivity contribution in [1.29, 1.82) is 0 Å². The van der Waals surface area contributed by atoms with Gasteiger partial charge in [-0.3, -0.25) is 19.6 Å². The second-order valence-corrected chi connectivity index (χ2v) is 8.85. The molecule has 4 rings (SSSR count). The lowest BCUT2D eigenvalue weighted by Crippen LogP contribution is -2.47. The third-order valence-corrected chi connectivity index (χ3v) is 6.65. The molecule has 1 aromatic heterocycles. The van der Waals surface area contributed by atoms with Crippen LogP contribution < -0.4 is 5.73 Å². The number of rotatable bonds is 8. The number of anilines is 1. The van der Waals surface area contributed by atoms with Gasteiger partial charge in [-0.25, -0.2) is 0 Å². The summed E-state index contributed by atoms with van der Waals surface area (Å²) >= 11 is 0. The Morgan fingerprint density at radius 3 is 2.32 bits per heavy atom. The smallest absolute Gasteiger partial charge is 0.253 e. The topological polar surface area (TPSA) is 65.7 Å². The highest BCUT2D eigenvalue weighted by Crippen LogP contribution is 2.31. The average molecular weight is 458 g/mol. The molecule has 0 aliphatic carbocycles. The summed E-state index contributed by atoms with van der Waals surface area (Å²) in [7, 11) is 0. The van der Waals surface area contributed by atoms with Gasteiger partial charge in [-0.05, 0) is 60.9 Å². The summed E-state index contributed by atoms with van der Waals surface area (Å²) < 4.78 is 0. The van der Waals surface area contributed by atoms with Gasteiger partial charge in [0, 0.05) is 69.5 Å². The number of hydrogen-bond acceptors (Lipinski definition) is 5. The van der Waals surface area contributed by atoms with Crippen LogP contribution in [0, 0.1) is 0 Å². The molecule has 178 valence electrons.